The second-order valence-corrected chi connectivity index (χ2v) is 4.80. The second kappa shape index (κ2) is 6.53. The number of alkyl carbamates (subject to hydrolysis) is 1. The first kappa shape index (κ1) is 15.0. The van der Waals surface area contributed by atoms with Crippen molar-refractivity contribution in [3.8, 4) is 0 Å². The molecule has 0 aliphatic heterocycles. The molecule has 0 bridgehead atoms. The van der Waals surface area contributed by atoms with Gasteiger partial charge in [-0.05, 0) is 34.1 Å². The van der Waals surface area contributed by atoms with Gasteiger partial charge in [-0.2, -0.15) is 0 Å². The number of hydrogen-bond donors (Lipinski definition) is 2. The van der Waals surface area contributed by atoms with E-state index < -0.39 is 11.7 Å². The second-order valence-electron chi connectivity index (χ2n) is 4.80. The van der Waals surface area contributed by atoms with Gasteiger partial charge in [0.2, 0.25) is 0 Å². The lowest BCUT2D eigenvalue weighted by atomic mass is 10.1. The Morgan fingerprint density at radius 2 is 2.06 bits per heavy atom. The first-order valence-corrected chi connectivity index (χ1v) is 5.56. The minimum absolute atomic E-state index is 0.128. The lowest BCUT2D eigenvalue weighted by molar-refractivity contribution is 0.0498. The predicted molar refractivity (Wildman–Crippen MR) is 64.3 cm³/mol. The van der Waals surface area contributed by atoms with Crippen molar-refractivity contribution >= 4 is 6.09 Å². The van der Waals surface area contributed by atoms with E-state index in [-0.39, 0.29) is 12.6 Å². The summed E-state index contributed by atoms with van der Waals surface area (Å²) < 4.78 is 5.09. The van der Waals surface area contributed by atoms with E-state index in [2.05, 4.69) is 5.32 Å². The lowest BCUT2D eigenvalue weighted by Crippen LogP contribution is -2.40. The number of amides is 1. The molecule has 1 unspecified atom stereocenters. The van der Waals surface area contributed by atoms with Gasteiger partial charge in [0.05, 0.1) is 12.6 Å². The molecule has 0 fully saturated rings. The van der Waals surface area contributed by atoms with Gasteiger partial charge in [0.25, 0.3) is 0 Å². The van der Waals surface area contributed by atoms with Crippen molar-refractivity contribution in [2.45, 2.75) is 52.7 Å². The molecule has 2 N–H and O–H groups in total. The molecule has 0 saturated heterocycles. The van der Waals surface area contributed by atoms with Crippen LogP contribution in [-0.2, 0) is 4.74 Å². The molecule has 1 amide bonds. The van der Waals surface area contributed by atoms with Crippen LogP contribution in [0.5, 0.6) is 0 Å². The van der Waals surface area contributed by atoms with Crippen LogP contribution in [0.1, 0.15) is 41.0 Å². The molecule has 94 valence electrons. The number of aliphatic hydroxyl groups excluding tert-OH is 1. The Kier molecular flexibility index (Phi) is 6.11. The van der Waals surface area contributed by atoms with Crippen LogP contribution in [0, 0.1) is 0 Å². The number of rotatable bonds is 4. The van der Waals surface area contributed by atoms with Crippen LogP contribution in [0.4, 0.5) is 4.79 Å². The Balaban J connectivity index is 4.28. The van der Waals surface area contributed by atoms with Crippen LogP contribution in [0.15, 0.2) is 11.6 Å². The van der Waals surface area contributed by atoms with Crippen LogP contribution in [-0.4, -0.2) is 29.4 Å². The van der Waals surface area contributed by atoms with Gasteiger partial charge in [-0.25, -0.2) is 4.79 Å². The molecule has 0 saturated carbocycles. The lowest BCUT2D eigenvalue weighted by Gasteiger charge is -2.21. The largest absolute Gasteiger partial charge is 0.444 e. The van der Waals surface area contributed by atoms with E-state index in [1.165, 1.54) is 0 Å². The third-order valence-electron chi connectivity index (χ3n) is 1.94. The van der Waals surface area contributed by atoms with Gasteiger partial charge in [-0.3, -0.25) is 0 Å². The van der Waals surface area contributed by atoms with Gasteiger partial charge in [-0.1, -0.05) is 18.6 Å². The number of nitrogens with one attached hydrogen (secondary N) is 1. The van der Waals surface area contributed by atoms with Gasteiger partial charge in [0.15, 0.2) is 0 Å². The molecule has 1 atom stereocenters. The van der Waals surface area contributed by atoms with Crippen molar-refractivity contribution in [1.82, 2.24) is 5.32 Å². The first-order valence-electron chi connectivity index (χ1n) is 5.56. The Labute approximate surface area is 97.7 Å². The van der Waals surface area contributed by atoms with Crippen molar-refractivity contribution in [2.24, 2.45) is 0 Å². The van der Waals surface area contributed by atoms with Crippen molar-refractivity contribution in [2.75, 3.05) is 6.61 Å². The Morgan fingerprint density at radius 3 is 2.44 bits per heavy atom. The molecule has 0 heterocycles. The number of hydrogen-bond acceptors (Lipinski definition) is 3. The van der Waals surface area contributed by atoms with E-state index in [0.29, 0.717) is 0 Å². The maximum absolute atomic E-state index is 11.4. The number of carbonyl (C=O) groups excluding carboxylic acids is 1. The van der Waals surface area contributed by atoms with E-state index in [0.717, 1.165) is 12.0 Å². The summed E-state index contributed by atoms with van der Waals surface area (Å²) in [5, 5.41) is 11.7. The van der Waals surface area contributed by atoms with Gasteiger partial charge >= 0.3 is 6.09 Å². The molecule has 0 aromatic heterocycles. The third-order valence-corrected chi connectivity index (χ3v) is 1.94. The Hall–Kier alpha value is -1.03. The van der Waals surface area contributed by atoms with Crippen LogP contribution >= 0.6 is 0 Å². The van der Waals surface area contributed by atoms with Gasteiger partial charge in [0, 0.05) is 0 Å². The van der Waals surface area contributed by atoms with Crippen molar-refractivity contribution in [3.63, 3.8) is 0 Å². The monoisotopic (exact) mass is 229 g/mol. The zero-order valence-corrected chi connectivity index (χ0v) is 10.8. The topological polar surface area (TPSA) is 58.6 Å². The molecule has 4 nitrogen and oxygen atoms in total. The normalized spacial score (nSPS) is 14.5. The van der Waals surface area contributed by atoms with E-state index in [1.807, 2.05) is 19.9 Å². The number of allylic oxidation sites excluding steroid dienone is 1. The van der Waals surface area contributed by atoms with Crippen LogP contribution in [0.25, 0.3) is 0 Å². The smallest absolute Gasteiger partial charge is 0.408 e. The fourth-order valence-corrected chi connectivity index (χ4v) is 1.06. The third kappa shape index (κ3) is 7.29. The summed E-state index contributed by atoms with van der Waals surface area (Å²) >= 11 is 0. The summed E-state index contributed by atoms with van der Waals surface area (Å²) in [6.07, 6.45) is 2.22. The minimum Gasteiger partial charge on any atom is -0.444 e. The number of ether oxygens (including phenoxy) is 1. The molecule has 0 rings (SSSR count). The average Bonchev–Trinajstić information content (AvgIpc) is 2.13. The van der Waals surface area contributed by atoms with Gasteiger partial charge in [0.1, 0.15) is 5.60 Å². The summed E-state index contributed by atoms with van der Waals surface area (Å²) in [6, 6.07) is -0.380. The Bertz CT molecular complexity index is 253. The number of carbonyl (C=O) groups is 1. The van der Waals surface area contributed by atoms with E-state index in [1.54, 1.807) is 20.8 Å². The van der Waals surface area contributed by atoms with Crippen molar-refractivity contribution in [1.29, 1.82) is 0 Å². The van der Waals surface area contributed by atoms with Crippen LogP contribution in [0.2, 0.25) is 0 Å². The number of aliphatic hydroxyl groups is 1. The van der Waals surface area contributed by atoms with Crippen molar-refractivity contribution < 1.29 is 14.6 Å². The summed E-state index contributed by atoms with van der Waals surface area (Å²) in [7, 11) is 0. The standard InChI is InChI=1S/C12H23NO3/c1-6-9(2)7-10(8-14)13-11(15)16-12(3,4)5/h7,10,14H,6,8H2,1-5H3,(H,13,15)/b9-7+. The zero-order valence-electron chi connectivity index (χ0n) is 10.8. The van der Waals surface area contributed by atoms with E-state index in [9.17, 15) is 4.79 Å². The van der Waals surface area contributed by atoms with E-state index >= 15 is 0 Å². The fraction of sp³-hybridized carbons (Fsp3) is 0.750. The summed E-state index contributed by atoms with van der Waals surface area (Å²) in [5.41, 5.74) is 0.600. The molecule has 16 heavy (non-hydrogen) atoms. The van der Waals surface area contributed by atoms with E-state index in [4.69, 9.17) is 9.84 Å². The van der Waals surface area contributed by atoms with Crippen LogP contribution < -0.4 is 5.32 Å². The molecular formula is C12H23NO3. The highest BCUT2D eigenvalue weighted by atomic mass is 16.6. The highest BCUT2D eigenvalue weighted by Gasteiger charge is 2.18. The first-order chi connectivity index (χ1) is 7.28. The molecule has 0 aliphatic carbocycles. The summed E-state index contributed by atoms with van der Waals surface area (Å²) in [6.45, 7) is 9.25. The molecule has 0 radical (unpaired) electrons. The molecule has 0 spiro atoms. The maximum Gasteiger partial charge on any atom is 0.408 e. The molecule has 4 heteroatoms. The quantitative estimate of drug-likeness (QED) is 0.727. The zero-order chi connectivity index (χ0) is 12.8. The molecular weight excluding hydrogens is 206 g/mol. The Morgan fingerprint density at radius 1 is 1.50 bits per heavy atom. The van der Waals surface area contributed by atoms with Gasteiger partial charge < -0.3 is 15.2 Å². The fourth-order valence-electron chi connectivity index (χ4n) is 1.06. The molecule has 0 aromatic carbocycles. The SMILES string of the molecule is CC/C(C)=C/C(CO)NC(=O)OC(C)(C)C. The van der Waals surface area contributed by atoms with Crippen LogP contribution in [0.3, 0.4) is 0 Å². The molecule has 0 aliphatic rings. The summed E-state index contributed by atoms with van der Waals surface area (Å²) in [4.78, 5) is 11.4. The maximum atomic E-state index is 11.4. The van der Waals surface area contributed by atoms with Gasteiger partial charge in [-0.15, -0.1) is 0 Å². The highest BCUT2D eigenvalue weighted by Crippen LogP contribution is 2.07. The average molecular weight is 229 g/mol. The minimum atomic E-state index is -0.520. The predicted octanol–water partition coefficient (Wildman–Crippen LogP) is 2.23. The van der Waals surface area contributed by atoms with Crippen molar-refractivity contribution in [3.05, 3.63) is 11.6 Å². The highest BCUT2D eigenvalue weighted by molar-refractivity contribution is 5.68. The molecule has 0 aromatic rings. The summed E-state index contributed by atoms with van der Waals surface area (Å²) in [5.74, 6) is 0.